The highest BCUT2D eigenvalue weighted by molar-refractivity contribution is 7.92. The molecule has 1 N–H and O–H groups in total. The molecular formula is C24H21ClN2O3S2. The lowest BCUT2D eigenvalue weighted by atomic mass is 10.1. The predicted molar refractivity (Wildman–Crippen MR) is 133 cm³/mol. The third-order valence-electron chi connectivity index (χ3n) is 4.98. The maximum absolute atomic E-state index is 12.7. The Hall–Kier alpha value is -2.87. The second kappa shape index (κ2) is 8.94. The number of nitrogens with zero attached hydrogens (tertiary/aromatic N) is 1. The number of rotatable bonds is 6. The molecule has 0 aliphatic heterocycles. The quantitative estimate of drug-likeness (QED) is 0.360. The third-order valence-corrected chi connectivity index (χ3v) is 7.57. The van der Waals surface area contributed by atoms with Crippen molar-refractivity contribution in [3.8, 4) is 0 Å². The van der Waals surface area contributed by atoms with Crippen LogP contribution in [0.25, 0.3) is 10.1 Å². The maximum Gasteiger partial charge on any atom is 0.265 e. The van der Waals surface area contributed by atoms with Gasteiger partial charge in [0.1, 0.15) is 0 Å². The number of thiophene rings is 1. The van der Waals surface area contributed by atoms with Crippen molar-refractivity contribution in [1.29, 1.82) is 0 Å². The minimum atomic E-state index is -3.51. The summed E-state index contributed by atoms with van der Waals surface area (Å²) in [4.78, 5) is 13.2. The third kappa shape index (κ3) is 4.96. The SMILES string of the molecule is Cc1ccc(CN(c2ccc3sc(C(=O)Nc4ccccc4Cl)cc3c2)S(C)(=O)=O)cc1. The molecule has 164 valence electrons. The van der Waals surface area contributed by atoms with Gasteiger partial charge in [-0.2, -0.15) is 0 Å². The number of halogens is 1. The lowest BCUT2D eigenvalue weighted by Crippen LogP contribution is -2.29. The Kier molecular flexibility index (Phi) is 6.24. The van der Waals surface area contributed by atoms with Gasteiger partial charge in [0.15, 0.2) is 0 Å². The predicted octanol–water partition coefficient (Wildman–Crippen LogP) is 6.08. The second-order valence-corrected chi connectivity index (χ2v) is 10.9. The molecule has 5 nitrogen and oxygen atoms in total. The lowest BCUT2D eigenvalue weighted by Gasteiger charge is -2.22. The van der Waals surface area contributed by atoms with Crippen LogP contribution in [0.2, 0.25) is 5.02 Å². The molecular weight excluding hydrogens is 464 g/mol. The number of para-hydroxylation sites is 1. The van der Waals surface area contributed by atoms with E-state index in [9.17, 15) is 13.2 Å². The summed E-state index contributed by atoms with van der Waals surface area (Å²) >= 11 is 7.48. The number of sulfonamides is 1. The molecule has 32 heavy (non-hydrogen) atoms. The summed E-state index contributed by atoms with van der Waals surface area (Å²) in [6.07, 6.45) is 1.20. The fourth-order valence-corrected chi connectivity index (χ4v) is 5.31. The van der Waals surface area contributed by atoms with Gasteiger partial charge in [-0.1, -0.05) is 53.6 Å². The summed E-state index contributed by atoms with van der Waals surface area (Å²) < 4.78 is 27.3. The van der Waals surface area contributed by atoms with Crippen LogP contribution in [0.1, 0.15) is 20.8 Å². The van der Waals surface area contributed by atoms with Crippen LogP contribution in [-0.2, 0) is 16.6 Å². The van der Waals surface area contributed by atoms with Crippen molar-refractivity contribution in [2.45, 2.75) is 13.5 Å². The highest BCUT2D eigenvalue weighted by Gasteiger charge is 2.19. The zero-order chi connectivity index (χ0) is 22.9. The van der Waals surface area contributed by atoms with Gasteiger partial charge in [-0.05, 0) is 54.3 Å². The van der Waals surface area contributed by atoms with E-state index in [1.165, 1.54) is 21.9 Å². The average Bonchev–Trinajstić information content (AvgIpc) is 3.17. The van der Waals surface area contributed by atoms with Gasteiger partial charge in [-0.15, -0.1) is 11.3 Å². The van der Waals surface area contributed by atoms with Crippen LogP contribution in [0.15, 0.2) is 72.8 Å². The fourth-order valence-electron chi connectivity index (χ4n) is 3.30. The molecule has 8 heteroatoms. The summed E-state index contributed by atoms with van der Waals surface area (Å²) in [5.41, 5.74) is 3.10. The fraction of sp³-hybridized carbons (Fsp3) is 0.125. The van der Waals surface area contributed by atoms with Gasteiger partial charge in [0, 0.05) is 4.70 Å². The number of amides is 1. The van der Waals surface area contributed by atoms with E-state index in [1.54, 1.807) is 42.5 Å². The number of nitrogens with one attached hydrogen (secondary N) is 1. The number of carbonyl (C=O) groups excluding carboxylic acids is 1. The van der Waals surface area contributed by atoms with E-state index >= 15 is 0 Å². The number of aryl methyl sites for hydroxylation is 1. The molecule has 4 rings (SSSR count). The summed E-state index contributed by atoms with van der Waals surface area (Å²) in [6, 6.07) is 22.0. The summed E-state index contributed by atoms with van der Waals surface area (Å²) in [6.45, 7) is 2.22. The molecule has 0 spiro atoms. The van der Waals surface area contributed by atoms with E-state index in [-0.39, 0.29) is 12.5 Å². The highest BCUT2D eigenvalue weighted by atomic mass is 35.5. The number of hydrogen-bond donors (Lipinski definition) is 1. The van der Waals surface area contributed by atoms with Gasteiger partial charge in [-0.25, -0.2) is 8.42 Å². The molecule has 1 aromatic heterocycles. The topological polar surface area (TPSA) is 66.5 Å². The zero-order valence-electron chi connectivity index (χ0n) is 17.5. The minimum absolute atomic E-state index is 0.231. The average molecular weight is 485 g/mol. The van der Waals surface area contributed by atoms with Crippen LogP contribution in [0.3, 0.4) is 0 Å². The number of benzene rings is 3. The number of anilines is 2. The van der Waals surface area contributed by atoms with Crippen LogP contribution in [-0.4, -0.2) is 20.6 Å². The molecule has 3 aromatic carbocycles. The Bertz CT molecular complexity index is 1400. The van der Waals surface area contributed by atoms with Crippen molar-refractivity contribution < 1.29 is 13.2 Å². The van der Waals surface area contributed by atoms with E-state index in [2.05, 4.69) is 5.32 Å². The van der Waals surface area contributed by atoms with Crippen LogP contribution in [0, 0.1) is 6.92 Å². The normalized spacial score (nSPS) is 11.5. The molecule has 0 saturated carbocycles. The Morgan fingerprint density at radius 1 is 1.03 bits per heavy atom. The Labute approximate surface area is 196 Å². The molecule has 4 aromatic rings. The van der Waals surface area contributed by atoms with Crippen molar-refractivity contribution in [2.24, 2.45) is 0 Å². The monoisotopic (exact) mass is 484 g/mol. The van der Waals surface area contributed by atoms with E-state index in [1.807, 2.05) is 37.3 Å². The minimum Gasteiger partial charge on any atom is -0.320 e. The molecule has 0 aliphatic carbocycles. The molecule has 0 bridgehead atoms. The molecule has 0 fully saturated rings. The molecule has 0 unspecified atom stereocenters. The molecule has 0 aliphatic rings. The van der Waals surface area contributed by atoms with Gasteiger partial charge >= 0.3 is 0 Å². The van der Waals surface area contributed by atoms with E-state index < -0.39 is 10.0 Å². The second-order valence-electron chi connectivity index (χ2n) is 7.52. The van der Waals surface area contributed by atoms with Crippen LogP contribution < -0.4 is 9.62 Å². The smallest absolute Gasteiger partial charge is 0.265 e. The van der Waals surface area contributed by atoms with Gasteiger partial charge < -0.3 is 5.32 Å². The molecule has 0 saturated heterocycles. The van der Waals surface area contributed by atoms with Crippen molar-refractivity contribution in [3.63, 3.8) is 0 Å². The lowest BCUT2D eigenvalue weighted by molar-refractivity contribution is 0.103. The summed E-state index contributed by atoms with van der Waals surface area (Å²) in [5.74, 6) is -0.263. The molecule has 0 atom stereocenters. The summed E-state index contributed by atoms with van der Waals surface area (Å²) in [5, 5.41) is 4.08. The Balaban J connectivity index is 1.64. The van der Waals surface area contributed by atoms with Gasteiger partial charge in [-0.3, -0.25) is 9.10 Å². The zero-order valence-corrected chi connectivity index (χ0v) is 19.9. The van der Waals surface area contributed by atoms with E-state index in [0.717, 1.165) is 21.2 Å². The maximum atomic E-state index is 12.7. The first kappa shape index (κ1) is 22.3. The largest absolute Gasteiger partial charge is 0.320 e. The van der Waals surface area contributed by atoms with Gasteiger partial charge in [0.2, 0.25) is 10.0 Å². The number of fused-ring (bicyclic) bond motifs is 1. The highest BCUT2D eigenvalue weighted by Crippen LogP contribution is 2.32. The van der Waals surface area contributed by atoms with Gasteiger partial charge in [0.05, 0.1) is 34.1 Å². The number of hydrogen-bond acceptors (Lipinski definition) is 4. The van der Waals surface area contributed by atoms with Crippen molar-refractivity contribution in [1.82, 2.24) is 0 Å². The molecule has 0 radical (unpaired) electrons. The molecule has 1 amide bonds. The Morgan fingerprint density at radius 3 is 2.44 bits per heavy atom. The van der Waals surface area contributed by atoms with Crippen LogP contribution >= 0.6 is 22.9 Å². The number of carbonyl (C=O) groups is 1. The van der Waals surface area contributed by atoms with Crippen LogP contribution in [0.4, 0.5) is 11.4 Å². The van der Waals surface area contributed by atoms with Crippen molar-refractivity contribution in [3.05, 3.63) is 93.8 Å². The van der Waals surface area contributed by atoms with Crippen molar-refractivity contribution in [2.75, 3.05) is 15.9 Å². The Morgan fingerprint density at radius 2 is 1.75 bits per heavy atom. The first-order valence-corrected chi connectivity index (χ1v) is 12.9. The summed E-state index contributed by atoms with van der Waals surface area (Å²) in [7, 11) is -3.51. The van der Waals surface area contributed by atoms with E-state index in [0.29, 0.717) is 21.3 Å². The van der Waals surface area contributed by atoms with E-state index in [4.69, 9.17) is 11.6 Å². The first-order chi connectivity index (χ1) is 15.2. The van der Waals surface area contributed by atoms with Crippen molar-refractivity contribution >= 4 is 60.3 Å². The standard InChI is InChI=1S/C24H21ClN2O3S2/c1-16-7-9-17(10-8-16)15-27(32(2,29)30)19-11-12-22-18(13-19)14-23(31-22)24(28)26-21-6-4-3-5-20(21)25/h3-14H,15H2,1-2H3,(H,26,28). The first-order valence-electron chi connectivity index (χ1n) is 9.83. The van der Waals surface area contributed by atoms with Crippen LogP contribution in [0.5, 0.6) is 0 Å². The van der Waals surface area contributed by atoms with Gasteiger partial charge in [0.25, 0.3) is 5.91 Å². The molecule has 1 heterocycles.